The summed E-state index contributed by atoms with van der Waals surface area (Å²) < 4.78 is 27.4. The van der Waals surface area contributed by atoms with Gasteiger partial charge in [0.15, 0.2) is 0 Å². The van der Waals surface area contributed by atoms with Crippen LogP contribution in [0.15, 0.2) is 59.5 Å². The summed E-state index contributed by atoms with van der Waals surface area (Å²) in [5.41, 5.74) is 6.81. The second kappa shape index (κ2) is 9.21. The maximum atomic E-state index is 12.4. The van der Waals surface area contributed by atoms with E-state index in [1.807, 2.05) is 6.07 Å². The molecule has 1 aliphatic rings. The molecule has 2 aromatic carbocycles. The van der Waals surface area contributed by atoms with Crippen molar-refractivity contribution in [3.8, 4) is 0 Å². The van der Waals surface area contributed by atoms with E-state index in [1.165, 1.54) is 12.1 Å². The third-order valence-corrected chi connectivity index (χ3v) is 6.15. The molecule has 4 N–H and O–H groups in total. The number of anilines is 2. The highest BCUT2D eigenvalue weighted by Crippen LogP contribution is 2.32. The molecule has 0 radical (unpaired) electrons. The Morgan fingerprint density at radius 1 is 1.00 bits per heavy atom. The summed E-state index contributed by atoms with van der Waals surface area (Å²) in [6.45, 7) is 0.514. The van der Waals surface area contributed by atoms with Crippen molar-refractivity contribution in [1.29, 1.82) is 0 Å². The molecule has 0 saturated heterocycles. The molecule has 0 unspecified atom stereocenters. The molecule has 0 aromatic heterocycles. The van der Waals surface area contributed by atoms with Gasteiger partial charge in [0.25, 0.3) is 10.0 Å². The van der Waals surface area contributed by atoms with Gasteiger partial charge in [-0.05, 0) is 61.7 Å². The molecule has 1 amide bonds. The molecule has 0 spiro atoms. The van der Waals surface area contributed by atoms with E-state index < -0.39 is 10.0 Å². The van der Waals surface area contributed by atoms with Crippen LogP contribution >= 0.6 is 12.4 Å². The van der Waals surface area contributed by atoms with E-state index in [0.717, 1.165) is 19.3 Å². The summed E-state index contributed by atoms with van der Waals surface area (Å²) in [6, 6.07) is 14.9. The summed E-state index contributed by atoms with van der Waals surface area (Å²) in [5.74, 6) is 0.115. The van der Waals surface area contributed by atoms with Gasteiger partial charge in [-0.15, -0.1) is 12.4 Å². The van der Waals surface area contributed by atoms with Gasteiger partial charge in [0.05, 0.1) is 4.90 Å². The quantitative estimate of drug-likeness (QED) is 0.681. The third-order valence-electron chi connectivity index (χ3n) is 4.76. The Hall–Kier alpha value is -2.09. The van der Waals surface area contributed by atoms with E-state index in [0.29, 0.717) is 17.9 Å². The first-order valence-corrected chi connectivity index (χ1v) is 10.2. The predicted molar refractivity (Wildman–Crippen MR) is 109 cm³/mol. The van der Waals surface area contributed by atoms with Crippen molar-refractivity contribution < 1.29 is 13.2 Å². The average Bonchev–Trinajstić information content (AvgIpc) is 3.11. The standard InChI is InChI=1S/C19H23N3O3S.ClH/c20-13-14-5-4-8-18(14)19(23)21-15-9-11-17(12-10-15)26(24,25)22-16-6-2-1-3-7-16;/h1-3,6-7,9-12,14,18,22H,4-5,8,13,20H2,(H,21,23);1H/t14-,18-;/m1./s1. The number of nitrogens with two attached hydrogens (primary N) is 1. The van der Waals surface area contributed by atoms with Crippen LogP contribution in [0.25, 0.3) is 0 Å². The minimum Gasteiger partial charge on any atom is -0.330 e. The number of carbonyl (C=O) groups is 1. The summed E-state index contributed by atoms with van der Waals surface area (Å²) >= 11 is 0. The molecule has 0 heterocycles. The molecular formula is C19H24ClN3O3S. The lowest BCUT2D eigenvalue weighted by atomic mass is 9.95. The number of halogens is 1. The van der Waals surface area contributed by atoms with Gasteiger partial charge in [-0.3, -0.25) is 9.52 Å². The molecule has 1 fully saturated rings. The maximum Gasteiger partial charge on any atom is 0.261 e. The molecule has 3 rings (SSSR count). The fourth-order valence-corrected chi connectivity index (χ4v) is 4.40. The average molecular weight is 410 g/mol. The molecule has 0 aliphatic heterocycles. The number of sulfonamides is 1. The lowest BCUT2D eigenvalue weighted by Crippen LogP contribution is -2.29. The minimum atomic E-state index is -3.67. The van der Waals surface area contributed by atoms with Gasteiger partial charge in [0.2, 0.25) is 5.91 Å². The SMILES string of the molecule is Cl.NC[C@H]1CCC[C@H]1C(=O)Nc1ccc(S(=O)(=O)Nc2ccccc2)cc1. The van der Waals surface area contributed by atoms with Gasteiger partial charge in [-0.1, -0.05) is 24.6 Å². The Kier molecular flexibility index (Phi) is 7.24. The number of nitrogens with one attached hydrogen (secondary N) is 2. The molecular weight excluding hydrogens is 386 g/mol. The Bertz CT molecular complexity index is 858. The van der Waals surface area contributed by atoms with E-state index in [-0.39, 0.29) is 35.0 Å². The van der Waals surface area contributed by atoms with Crippen LogP contribution in [0.3, 0.4) is 0 Å². The van der Waals surface area contributed by atoms with Crippen LogP contribution in [0.1, 0.15) is 19.3 Å². The lowest BCUT2D eigenvalue weighted by molar-refractivity contribution is -0.120. The van der Waals surface area contributed by atoms with Crippen molar-refractivity contribution >= 4 is 39.7 Å². The Morgan fingerprint density at radius 3 is 2.30 bits per heavy atom. The van der Waals surface area contributed by atoms with Crippen LogP contribution < -0.4 is 15.8 Å². The molecule has 1 saturated carbocycles. The zero-order valence-corrected chi connectivity index (χ0v) is 16.4. The highest BCUT2D eigenvalue weighted by molar-refractivity contribution is 7.92. The summed E-state index contributed by atoms with van der Waals surface area (Å²) in [4.78, 5) is 12.5. The Labute approximate surface area is 166 Å². The molecule has 146 valence electrons. The van der Waals surface area contributed by atoms with Crippen molar-refractivity contribution in [2.24, 2.45) is 17.6 Å². The Morgan fingerprint density at radius 2 is 1.67 bits per heavy atom. The summed E-state index contributed by atoms with van der Waals surface area (Å²) in [6.07, 6.45) is 2.85. The molecule has 1 aliphatic carbocycles. The van der Waals surface area contributed by atoms with Crippen LogP contribution in [0, 0.1) is 11.8 Å². The van der Waals surface area contributed by atoms with Gasteiger partial charge >= 0.3 is 0 Å². The zero-order chi connectivity index (χ0) is 18.6. The minimum absolute atomic E-state index is 0. The number of para-hydroxylation sites is 1. The van der Waals surface area contributed by atoms with E-state index in [2.05, 4.69) is 10.0 Å². The third kappa shape index (κ3) is 5.22. The number of hydrogen-bond acceptors (Lipinski definition) is 4. The van der Waals surface area contributed by atoms with E-state index in [9.17, 15) is 13.2 Å². The van der Waals surface area contributed by atoms with Crippen LogP contribution in [0.2, 0.25) is 0 Å². The number of rotatable bonds is 6. The second-order valence-corrected chi connectivity index (χ2v) is 8.20. The van der Waals surface area contributed by atoms with Gasteiger partial charge in [-0.25, -0.2) is 8.42 Å². The van der Waals surface area contributed by atoms with Crippen LogP contribution in [0.5, 0.6) is 0 Å². The number of benzene rings is 2. The smallest absolute Gasteiger partial charge is 0.261 e. The normalized spacial score (nSPS) is 19.1. The highest BCUT2D eigenvalue weighted by Gasteiger charge is 2.31. The monoisotopic (exact) mass is 409 g/mol. The van der Waals surface area contributed by atoms with E-state index in [4.69, 9.17) is 5.73 Å². The van der Waals surface area contributed by atoms with Crippen molar-refractivity contribution in [2.75, 3.05) is 16.6 Å². The van der Waals surface area contributed by atoms with E-state index >= 15 is 0 Å². The molecule has 6 nitrogen and oxygen atoms in total. The van der Waals surface area contributed by atoms with Crippen molar-refractivity contribution in [3.63, 3.8) is 0 Å². The summed E-state index contributed by atoms with van der Waals surface area (Å²) in [7, 11) is -3.67. The van der Waals surface area contributed by atoms with Gasteiger partial charge in [0.1, 0.15) is 0 Å². The predicted octanol–water partition coefficient (Wildman–Crippen LogP) is 3.22. The first-order valence-electron chi connectivity index (χ1n) is 8.68. The van der Waals surface area contributed by atoms with Gasteiger partial charge < -0.3 is 11.1 Å². The maximum absolute atomic E-state index is 12.4. The highest BCUT2D eigenvalue weighted by atomic mass is 35.5. The van der Waals surface area contributed by atoms with Gasteiger partial charge in [0, 0.05) is 17.3 Å². The molecule has 0 bridgehead atoms. The van der Waals surface area contributed by atoms with Crippen LogP contribution in [-0.2, 0) is 14.8 Å². The fourth-order valence-electron chi connectivity index (χ4n) is 3.34. The molecule has 8 heteroatoms. The zero-order valence-electron chi connectivity index (χ0n) is 14.8. The molecule has 2 aromatic rings. The number of amides is 1. The molecule has 2 atom stereocenters. The number of carbonyl (C=O) groups excluding carboxylic acids is 1. The van der Waals surface area contributed by atoms with Crippen molar-refractivity contribution in [1.82, 2.24) is 0 Å². The number of hydrogen-bond donors (Lipinski definition) is 3. The topological polar surface area (TPSA) is 101 Å². The van der Waals surface area contributed by atoms with E-state index in [1.54, 1.807) is 36.4 Å². The molecule has 27 heavy (non-hydrogen) atoms. The second-order valence-electron chi connectivity index (χ2n) is 6.52. The largest absolute Gasteiger partial charge is 0.330 e. The fraction of sp³-hybridized carbons (Fsp3) is 0.316. The Balaban J connectivity index is 0.00000261. The van der Waals surface area contributed by atoms with Gasteiger partial charge in [-0.2, -0.15) is 0 Å². The first kappa shape index (κ1) is 21.2. The van der Waals surface area contributed by atoms with Crippen LogP contribution in [-0.4, -0.2) is 20.9 Å². The summed E-state index contributed by atoms with van der Waals surface area (Å²) in [5, 5.41) is 2.87. The first-order chi connectivity index (χ1) is 12.5. The lowest BCUT2D eigenvalue weighted by Gasteiger charge is -2.17. The van der Waals surface area contributed by atoms with Crippen molar-refractivity contribution in [2.45, 2.75) is 24.2 Å². The van der Waals surface area contributed by atoms with Crippen molar-refractivity contribution in [3.05, 3.63) is 54.6 Å². The van der Waals surface area contributed by atoms with Crippen LogP contribution in [0.4, 0.5) is 11.4 Å².